The lowest BCUT2D eigenvalue weighted by Crippen LogP contribution is -2.42. The van der Waals surface area contributed by atoms with Gasteiger partial charge in [0.25, 0.3) is 5.91 Å². The number of hydrogen-bond donors (Lipinski definition) is 1. The molecule has 0 bridgehead atoms. The Bertz CT molecular complexity index is 440. The van der Waals surface area contributed by atoms with Gasteiger partial charge in [-0.15, -0.1) is 0 Å². The summed E-state index contributed by atoms with van der Waals surface area (Å²) in [6, 6.07) is 0. The SMILES string of the molecule is Cc1nocc1C(=O)N1CCCC(C(=O)O)C1. The van der Waals surface area contributed by atoms with E-state index in [9.17, 15) is 9.59 Å². The van der Waals surface area contributed by atoms with Crippen molar-refractivity contribution in [2.24, 2.45) is 5.92 Å². The van der Waals surface area contributed by atoms with Crippen LogP contribution in [0.1, 0.15) is 28.9 Å². The topological polar surface area (TPSA) is 83.6 Å². The van der Waals surface area contributed by atoms with Crippen LogP contribution in [-0.4, -0.2) is 40.1 Å². The average molecular weight is 238 g/mol. The minimum Gasteiger partial charge on any atom is -0.481 e. The highest BCUT2D eigenvalue weighted by Crippen LogP contribution is 2.19. The molecule has 0 radical (unpaired) electrons. The fourth-order valence-electron chi connectivity index (χ4n) is 2.03. The number of carboxylic acids is 1. The Labute approximate surface area is 98.2 Å². The number of likely N-dealkylation sites (tertiary alicyclic amines) is 1. The number of amides is 1. The number of rotatable bonds is 2. The summed E-state index contributed by atoms with van der Waals surface area (Å²) in [6.07, 6.45) is 2.65. The molecule has 92 valence electrons. The Kier molecular flexibility index (Phi) is 3.12. The fraction of sp³-hybridized carbons (Fsp3) is 0.545. The number of aliphatic carboxylic acids is 1. The molecule has 1 amide bonds. The van der Waals surface area contributed by atoms with E-state index in [1.54, 1.807) is 11.8 Å². The highest BCUT2D eigenvalue weighted by Gasteiger charge is 2.29. The van der Waals surface area contributed by atoms with Crippen molar-refractivity contribution in [3.05, 3.63) is 17.5 Å². The van der Waals surface area contributed by atoms with Gasteiger partial charge in [0.05, 0.1) is 11.6 Å². The van der Waals surface area contributed by atoms with E-state index in [1.165, 1.54) is 6.26 Å². The van der Waals surface area contributed by atoms with Crippen molar-refractivity contribution in [2.75, 3.05) is 13.1 Å². The molecule has 6 nitrogen and oxygen atoms in total. The third kappa shape index (κ3) is 2.30. The van der Waals surface area contributed by atoms with Gasteiger partial charge in [0, 0.05) is 13.1 Å². The van der Waals surface area contributed by atoms with Crippen molar-refractivity contribution in [1.82, 2.24) is 10.1 Å². The Morgan fingerprint density at radius 2 is 2.35 bits per heavy atom. The van der Waals surface area contributed by atoms with Crippen molar-refractivity contribution >= 4 is 11.9 Å². The number of hydrogen-bond acceptors (Lipinski definition) is 4. The highest BCUT2D eigenvalue weighted by atomic mass is 16.5. The van der Waals surface area contributed by atoms with E-state index in [2.05, 4.69) is 5.16 Å². The van der Waals surface area contributed by atoms with Gasteiger partial charge >= 0.3 is 5.97 Å². The number of carboxylic acid groups (broad SMARTS) is 1. The first-order chi connectivity index (χ1) is 8.09. The summed E-state index contributed by atoms with van der Waals surface area (Å²) in [6.45, 7) is 2.54. The largest absolute Gasteiger partial charge is 0.481 e. The molecule has 1 aromatic rings. The maximum Gasteiger partial charge on any atom is 0.308 e. The fourth-order valence-corrected chi connectivity index (χ4v) is 2.03. The van der Waals surface area contributed by atoms with E-state index in [-0.39, 0.29) is 12.5 Å². The molecule has 0 saturated carbocycles. The monoisotopic (exact) mass is 238 g/mol. The smallest absolute Gasteiger partial charge is 0.308 e. The highest BCUT2D eigenvalue weighted by molar-refractivity contribution is 5.95. The van der Waals surface area contributed by atoms with E-state index >= 15 is 0 Å². The zero-order chi connectivity index (χ0) is 12.4. The maximum atomic E-state index is 12.1. The molecule has 17 heavy (non-hydrogen) atoms. The molecule has 1 aliphatic heterocycles. The van der Waals surface area contributed by atoms with E-state index < -0.39 is 11.9 Å². The molecule has 1 aliphatic rings. The van der Waals surface area contributed by atoms with Gasteiger partial charge in [-0.1, -0.05) is 5.16 Å². The zero-order valence-corrected chi connectivity index (χ0v) is 9.55. The van der Waals surface area contributed by atoms with Gasteiger partial charge in [-0.3, -0.25) is 9.59 Å². The lowest BCUT2D eigenvalue weighted by atomic mass is 9.98. The van der Waals surface area contributed by atoms with E-state index in [4.69, 9.17) is 9.63 Å². The molecular weight excluding hydrogens is 224 g/mol. The molecule has 0 spiro atoms. The number of piperidine rings is 1. The van der Waals surface area contributed by atoms with Crippen LogP contribution in [-0.2, 0) is 4.79 Å². The van der Waals surface area contributed by atoms with E-state index in [0.29, 0.717) is 30.6 Å². The molecule has 1 unspecified atom stereocenters. The summed E-state index contributed by atoms with van der Waals surface area (Å²) in [5, 5.41) is 12.6. The minimum absolute atomic E-state index is 0.199. The Morgan fingerprint density at radius 3 is 2.94 bits per heavy atom. The number of aryl methyl sites for hydroxylation is 1. The summed E-state index contributed by atoms with van der Waals surface area (Å²) < 4.78 is 4.72. The predicted octanol–water partition coefficient (Wildman–Crippen LogP) is 0.920. The standard InChI is InChI=1S/C11H14N2O4/c1-7-9(6-17-12-7)10(14)13-4-2-3-8(5-13)11(15)16/h6,8H,2-5H2,1H3,(H,15,16). The van der Waals surface area contributed by atoms with Gasteiger partial charge in [0.15, 0.2) is 0 Å². The first-order valence-electron chi connectivity index (χ1n) is 5.52. The molecular formula is C11H14N2O4. The van der Waals surface area contributed by atoms with E-state index in [1.807, 2.05) is 0 Å². The van der Waals surface area contributed by atoms with Gasteiger partial charge in [-0.05, 0) is 19.8 Å². The molecule has 0 aromatic carbocycles. The second kappa shape index (κ2) is 4.57. The van der Waals surface area contributed by atoms with Gasteiger partial charge in [0.2, 0.25) is 0 Å². The van der Waals surface area contributed by atoms with Gasteiger partial charge in [-0.25, -0.2) is 0 Å². The summed E-state index contributed by atoms with van der Waals surface area (Å²) in [4.78, 5) is 24.5. The molecule has 0 aliphatic carbocycles. The van der Waals surface area contributed by atoms with Gasteiger partial charge in [0.1, 0.15) is 11.8 Å². The average Bonchev–Trinajstić information content (AvgIpc) is 2.74. The van der Waals surface area contributed by atoms with Crippen LogP contribution in [0.15, 0.2) is 10.8 Å². The van der Waals surface area contributed by atoms with Crippen LogP contribution in [0, 0.1) is 12.8 Å². The maximum absolute atomic E-state index is 12.1. The normalized spacial score (nSPS) is 20.3. The quantitative estimate of drug-likeness (QED) is 0.828. The zero-order valence-electron chi connectivity index (χ0n) is 9.55. The molecule has 1 aromatic heterocycles. The van der Waals surface area contributed by atoms with Gasteiger partial charge in [-0.2, -0.15) is 0 Å². The third-order valence-corrected chi connectivity index (χ3v) is 3.04. The molecule has 1 saturated heterocycles. The molecule has 6 heteroatoms. The van der Waals surface area contributed by atoms with Crippen molar-refractivity contribution in [3.8, 4) is 0 Å². The molecule has 1 fully saturated rings. The molecule has 2 rings (SSSR count). The minimum atomic E-state index is -0.843. The first kappa shape index (κ1) is 11.6. The summed E-state index contributed by atoms with van der Waals surface area (Å²) in [5.74, 6) is -1.51. The molecule has 1 N–H and O–H groups in total. The second-order valence-corrected chi connectivity index (χ2v) is 4.24. The van der Waals surface area contributed by atoms with Crippen LogP contribution in [0.25, 0.3) is 0 Å². The molecule has 1 atom stereocenters. The Balaban J connectivity index is 2.10. The third-order valence-electron chi connectivity index (χ3n) is 3.04. The number of aromatic nitrogens is 1. The lowest BCUT2D eigenvalue weighted by molar-refractivity contribution is -0.143. The Hall–Kier alpha value is -1.85. The van der Waals surface area contributed by atoms with Crippen molar-refractivity contribution < 1.29 is 19.2 Å². The summed E-state index contributed by atoms with van der Waals surface area (Å²) >= 11 is 0. The van der Waals surface area contributed by atoms with Crippen LogP contribution < -0.4 is 0 Å². The second-order valence-electron chi connectivity index (χ2n) is 4.24. The van der Waals surface area contributed by atoms with Gasteiger partial charge < -0.3 is 14.5 Å². The van der Waals surface area contributed by atoms with Crippen LogP contribution >= 0.6 is 0 Å². The Morgan fingerprint density at radius 1 is 1.59 bits per heavy atom. The molecule has 2 heterocycles. The van der Waals surface area contributed by atoms with Crippen LogP contribution in [0.4, 0.5) is 0 Å². The van der Waals surface area contributed by atoms with Crippen LogP contribution in [0.3, 0.4) is 0 Å². The van der Waals surface area contributed by atoms with Crippen LogP contribution in [0.2, 0.25) is 0 Å². The lowest BCUT2D eigenvalue weighted by Gasteiger charge is -2.30. The number of carbonyl (C=O) groups is 2. The van der Waals surface area contributed by atoms with Crippen molar-refractivity contribution in [2.45, 2.75) is 19.8 Å². The number of nitrogens with zero attached hydrogens (tertiary/aromatic N) is 2. The van der Waals surface area contributed by atoms with Crippen molar-refractivity contribution in [3.63, 3.8) is 0 Å². The van der Waals surface area contributed by atoms with E-state index in [0.717, 1.165) is 0 Å². The summed E-state index contributed by atoms with van der Waals surface area (Å²) in [5.41, 5.74) is 0.948. The van der Waals surface area contributed by atoms with Crippen molar-refractivity contribution in [1.29, 1.82) is 0 Å². The summed E-state index contributed by atoms with van der Waals surface area (Å²) in [7, 11) is 0. The first-order valence-corrected chi connectivity index (χ1v) is 5.52. The van der Waals surface area contributed by atoms with Crippen LogP contribution in [0.5, 0.6) is 0 Å². The number of carbonyl (C=O) groups excluding carboxylic acids is 1. The predicted molar refractivity (Wildman–Crippen MR) is 57.5 cm³/mol.